The van der Waals surface area contributed by atoms with Gasteiger partial charge in [-0.15, -0.1) is 0 Å². The van der Waals surface area contributed by atoms with Crippen molar-refractivity contribution in [3.63, 3.8) is 0 Å². The number of benzene rings is 1. The van der Waals surface area contributed by atoms with Crippen molar-refractivity contribution in [1.82, 2.24) is 47.4 Å². The van der Waals surface area contributed by atoms with Gasteiger partial charge in [0.05, 0.1) is 26.1 Å². The van der Waals surface area contributed by atoms with E-state index in [0.29, 0.717) is 5.56 Å². The molecule has 1 aliphatic rings. The fourth-order valence-corrected chi connectivity index (χ4v) is 6.71. The second kappa shape index (κ2) is 27.7. The number of nitrogens with zero attached hydrogens (tertiary/aromatic N) is 1. The summed E-state index contributed by atoms with van der Waals surface area (Å²) >= 11 is 8.10. The fraction of sp³-hybridized carbons (Fsp3) is 0.541. The lowest BCUT2D eigenvalue weighted by molar-refractivity contribution is -0.144. The summed E-state index contributed by atoms with van der Waals surface area (Å²) in [4.78, 5) is 129. The van der Waals surface area contributed by atoms with E-state index in [1.807, 2.05) is 0 Å². The minimum atomic E-state index is -1.91. The molecule has 1 aromatic rings. The Kier molecular flexibility index (Phi) is 23.3. The first-order valence-electron chi connectivity index (χ1n) is 20.0. The molecule has 1 aliphatic heterocycles. The Bertz CT molecular complexity index is 1900. The van der Waals surface area contributed by atoms with Crippen LogP contribution in [0.3, 0.4) is 0 Å². The van der Waals surface area contributed by atoms with E-state index in [9.17, 15) is 68.4 Å². The van der Waals surface area contributed by atoms with Crippen molar-refractivity contribution in [3.05, 3.63) is 29.8 Å². The van der Waals surface area contributed by atoms with Crippen molar-refractivity contribution in [3.8, 4) is 5.75 Å². The lowest BCUT2D eigenvalue weighted by atomic mass is 10.1. The average Bonchev–Trinajstić information content (AvgIpc) is 3.76. The molecular formula is C37H56N12O14S2. The number of carbonyl (C=O) groups excluding carboxylic acids is 8. The number of nitrogens with two attached hydrogens (primary N) is 2. The topological polar surface area (TPSA) is 427 Å². The zero-order valence-corrected chi connectivity index (χ0v) is 36.7. The molecule has 1 aromatic carbocycles. The Morgan fingerprint density at radius 1 is 0.754 bits per heavy atom. The Morgan fingerprint density at radius 2 is 1.32 bits per heavy atom. The maximum Gasteiger partial charge on any atom is 0.326 e. The number of thiol groups is 2. The van der Waals surface area contributed by atoms with E-state index in [0.717, 1.165) is 4.90 Å². The molecule has 0 spiro atoms. The summed E-state index contributed by atoms with van der Waals surface area (Å²) in [5.41, 5.74) is 11.0. The molecule has 0 aliphatic carbocycles. The van der Waals surface area contributed by atoms with Crippen LogP contribution in [-0.2, 0) is 54.4 Å². The van der Waals surface area contributed by atoms with Gasteiger partial charge >= 0.3 is 11.9 Å². The van der Waals surface area contributed by atoms with Gasteiger partial charge in [0.15, 0.2) is 5.96 Å². The van der Waals surface area contributed by atoms with E-state index in [1.54, 1.807) is 0 Å². The summed E-state index contributed by atoms with van der Waals surface area (Å²) < 4.78 is 0. The Labute approximate surface area is 382 Å². The highest BCUT2D eigenvalue weighted by molar-refractivity contribution is 7.80. The number of aliphatic hydroxyl groups excluding tert-OH is 1. The molecule has 0 radical (unpaired) electrons. The van der Waals surface area contributed by atoms with Crippen LogP contribution in [-0.4, -0.2) is 177 Å². The smallest absolute Gasteiger partial charge is 0.326 e. The second-order valence-electron chi connectivity index (χ2n) is 14.4. The van der Waals surface area contributed by atoms with Crippen LogP contribution < -0.4 is 54.0 Å². The highest BCUT2D eigenvalue weighted by Crippen LogP contribution is 2.19. The molecule has 1 heterocycles. The zero-order valence-electron chi connectivity index (χ0n) is 34.9. The molecule has 0 aromatic heterocycles. The van der Waals surface area contributed by atoms with Crippen LogP contribution in [0.1, 0.15) is 37.7 Å². The lowest BCUT2D eigenvalue weighted by Crippen LogP contribution is -2.60. The molecule has 17 N–H and O–H groups in total. The first-order chi connectivity index (χ1) is 30.7. The van der Waals surface area contributed by atoms with Gasteiger partial charge in [0.1, 0.15) is 48.0 Å². The zero-order chi connectivity index (χ0) is 48.8. The van der Waals surface area contributed by atoms with Crippen molar-refractivity contribution in [2.45, 2.75) is 80.8 Å². The van der Waals surface area contributed by atoms with Crippen LogP contribution in [0.4, 0.5) is 0 Å². The molecule has 26 nitrogen and oxygen atoms in total. The highest BCUT2D eigenvalue weighted by Gasteiger charge is 2.40. The number of phenols is 1. The van der Waals surface area contributed by atoms with Gasteiger partial charge in [-0.05, 0) is 43.4 Å². The van der Waals surface area contributed by atoms with Crippen molar-refractivity contribution < 1.29 is 68.4 Å². The Hall–Kier alpha value is -6.39. The molecule has 28 heteroatoms. The average molecular weight is 957 g/mol. The summed E-state index contributed by atoms with van der Waals surface area (Å²) in [6, 6.07) is -4.78. The number of nitrogens with one attached hydrogen (secondary N) is 9. The molecule has 0 unspecified atom stereocenters. The van der Waals surface area contributed by atoms with Crippen LogP contribution in [0.15, 0.2) is 24.3 Å². The highest BCUT2D eigenvalue weighted by atomic mass is 32.1. The van der Waals surface area contributed by atoms with Crippen LogP contribution >= 0.6 is 25.3 Å². The summed E-state index contributed by atoms with van der Waals surface area (Å²) in [5, 5.41) is 65.0. The number of aromatic hydroxyl groups is 1. The number of carboxylic acid groups (broad SMARTS) is 2. The van der Waals surface area contributed by atoms with E-state index in [2.05, 4.69) is 67.8 Å². The number of amides is 8. The Morgan fingerprint density at radius 3 is 1.89 bits per heavy atom. The van der Waals surface area contributed by atoms with Gasteiger partial charge in [-0.1, -0.05) is 12.1 Å². The van der Waals surface area contributed by atoms with Gasteiger partial charge in [-0.25, -0.2) is 4.79 Å². The third-order valence-electron chi connectivity index (χ3n) is 9.53. The maximum absolute atomic E-state index is 13.7. The first-order valence-corrected chi connectivity index (χ1v) is 21.2. The van der Waals surface area contributed by atoms with E-state index in [-0.39, 0.29) is 62.4 Å². The van der Waals surface area contributed by atoms with E-state index in [4.69, 9.17) is 16.9 Å². The number of likely N-dealkylation sites (tertiary alicyclic amines) is 1. The van der Waals surface area contributed by atoms with Crippen molar-refractivity contribution in [2.75, 3.05) is 44.3 Å². The number of hydrogen-bond donors (Lipinski definition) is 17. The number of hydrogen-bond acceptors (Lipinski definition) is 16. The monoisotopic (exact) mass is 956 g/mol. The third-order valence-corrected chi connectivity index (χ3v) is 10.3. The van der Waals surface area contributed by atoms with Gasteiger partial charge in [0.2, 0.25) is 47.3 Å². The number of guanidine groups is 1. The van der Waals surface area contributed by atoms with Crippen LogP contribution in [0.5, 0.6) is 5.75 Å². The van der Waals surface area contributed by atoms with E-state index in [1.165, 1.54) is 24.3 Å². The van der Waals surface area contributed by atoms with Gasteiger partial charge in [-0.3, -0.25) is 48.6 Å². The van der Waals surface area contributed by atoms with Gasteiger partial charge in [-0.2, -0.15) is 25.3 Å². The Balaban J connectivity index is 2.17. The normalized spacial score (nSPS) is 15.9. The molecule has 8 amide bonds. The molecule has 65 heavy (non-hydrogen) atoms. The summed E-state index contributed by atoms with van der Waals surface area (Å²) in [7, 11) is 0. The van der Waals surface area contributed by atoms with Crippen molar-refractivity contribution >= 4 is 90.4 Å². The maximum atomic E-state index is 13.7. The first kappa shape index (κ1) is 54.7. The summed E-state index contributed by atoms with van der Waals surface area (Å²) in [6.45, 7) is -2.19. The largest absolute Gasteiger partial charge is 0.508 e. The van der Waals surface area contributed by atoms with Crippen LogP contribution in [0.25, 0.3) is 0 Å². The molecule has 2 rings (SSSR count). The van der Waals surface area contributed by atoms with Crippen LogP contribution in [0, 0.1) is 5.41 Å². The number of rotatable bonds is 27. The predicted octanol–water partition coefficient (Wildman–Crippen LogP) is -6.42. The molecule has 0 bridgehead atoms. The summed E-state index contributed by atoms with van der Waals surface area (Å²) in [5.74, 6) is -11.4. The SMILES string of the molecule is N=C(N)NCCC[C@H](NC(=O)CNC(=O)[C@@H](CS)NC(=O)CN)C(=O)N[C@@H](CC(=O)O)C(=O)N[C@@H](CO)C(=O)N1CCC[C@H]1C(=O)N[C@@H](CS)C(=O)N[C@@H](Cc1ccc(O)cc1)C(=O)O. The standard InChI is InChI=1S/C37H56N12O14S2/c38-13-27(52)44-24(16-64)30(56)42-14-28(53)43-20(3-1-9-41-37(39)40)31(57)45-21(12-29(54)55)32(58)47-23(15-50)35(61)49-10-2-4-26(49)34(60)48-25(17-65)33(59)46-22(36(62)63)11-18-5-7-19(51)8-6-18/h5-8,20-26,50-51,64-65H,1-4,9-17,38H2,(H,42,56)(H,43,53)(H,44,52)(H,45,57)(H,46,59)(H,47,58)(H,48,60)(H,54,55)(H,62,63)(H4,39,40,41)/t20-,21-,22-,23-,24+,25-,26-/m0/s1. The van der Waals surface area contributed by atoms with Gasteiger partial charge in [0.25, 0.3) is 0 Å². The minimum absolute atomic E-state index is 0.0425. The number of carbonyl (C=O) groups is 10. The van der Waals surface area contributed by atoms with Gasteiger partial charge < -0.3 is 79.3 Å². The number of aliphatic hydroxyl groups is 1. The number of phenolic OH excluding ortho intramolecular Hbond substituents is 1. The number of aliphatic carboxylic acids is 2. The molecular weight excluding hydrogens is 901 g/mol. The second-order valence-corrected chi connectivity index (χ2v) is 15.2. The minimum Gasteiger partial charge on any atom is -0.508 e. The number of carboxylic acids is 2. The van der Waals surface area contributed by atoms with E-state index < -0.39 is 134 Å². The van der Waals surface area contributed by atoms with Gasteiger partial charge in [0, 0.05) is 31.0 Å². The van der Waals surface area contributed by atoms with Crippen molar-refractivity contribution in [2.24, 2.45) is 11.5 Å². The molecule has 0 saturated carbocycles. The quantitative estimate of drug-likeness (QED) is 0.0169. The third kappa shape index (κ3) is 18.7. The molecule has 1 fully saturated rings. The molecule has 7 atom stereocenters. The van der Waals surface area contributed by atoms with Crippen LogP contribution in [0.2, 0.25) is 0 Å². The lowest BCUT2D eigenvalue weighted by Gasteiger charge is -2.30. The fourth-order valence-electron chi connectivity index (χ4n) is 6.20. The molecule has 360 valence electrons. The molecule has 1 saturated heterocycles. The van der Waals surface area contributed by atoms with Crippen molar-refractivity contribution in [1.29, 1.82) is 5.41 Å². The predicted molar refractivity (Wildman–Crippen MR) is 234 cm³/mol. The summed E-state index contributed by atoms with van der Waals surface area (Å²) in [6.07, 6.45) is -0.974. The van der Waals surface area contributed by atoms with E-state index >= 15 is 0 Å².